The summed E-state index contributed by atoms with van der Waals surface area (Å²) in [7, 11) is 0. The van der Waals surface area contributed by atoms with Crippen LogP contribution in [0.5, 0.6) is 0 Å². The molecule has 0 spiro atoms. The number of nitrogen functional groups attached to an aromatic ring is 1. The summed E-state index contributed by atoms with van der Waals surface area (Å²) in [5.41, 5.74) is 5.01. The molecule has 1 aliphatic rings. The van der Waals surface area contributed by atoms with E-state index >= 15 is 0 Å². The summed E-state index contributed by atoms with van der Waals surface area (Å²) in [6, 6.07) is 5.50. The van der Waals surface area contributed by atoms with Gasteiger partial charge in [0.25, 0.3) is 5.91 Å². The number of carbonyl (C=O) groups is 1. The number of aromatic nitrogens is 2. The van der Waals surface area contributed by atoms with Crippen LogP contribution < -0.4 is 11.3 Å². The van der Waals surface area contributed by atoms with Crippen molar-refractivity contribution < 1.29 is 4.79 Å². The number of nitrogens with one attached hydrogen (secondary N) is 1. The third-order valence-electron chi connectivity index (χ3n) is 3.66. The summed E-state index contributed by atoms with van der Waals surface area (Å²) in [6.07, 6.45) is 3.72. The Balaban J connectivity index is 1.83. The van der Waals surface area contributed by atoms with Crippen LogP contribution in [0.15, 0.2) is 30.6 Å². The van der Waals surface area contributed by atoms with E-state index in [-0.39, 0.29) is 5.91 Å². The molecule has 104 valence electrons. The number of fused-ring (bicyclic) bond motifs is 1. The van der Waals surface area contributed by atoms with E-state index in [1.54, 1.807) is 6.20 Å². The van der Waals surface area contributed by atoms with Gasteiger partial charge in [0.1, 0.15) is 5.82 Å². The van der Waals surface area contributed by atoms with E-state index in [0.717, 1.165) is 23.6 Å². The average molecular weight is 271 g/mol. The number of carbonyl (C=O) groups excluding carboxylic acids is 1. The monoisotopic (exact) mass is 271 g/mol. The summed E-state index contributed by atoms with van der Waals surface area (Å²) in [4.78, 5) is 18.7. The second-order valence-electron chi connectivity index (χ2n) is 4.94. The number of hydrogen-bond donors (Lipinski definition) is 2. The highest BCUT2D eigenvalue weighted by atomic mass is 16.2. The number of nitrogens with zero attached hydrogens (tertiary/aromatic N) is 3. The molecule has 20 heavy (non-hydrogen) atoms. The topological polar surface area (TPSA) is 76.2 Å². The van der Waals surface area contributed by atoms with E-state index in [9.17, 15) is 4.79 Å². The van der Waals surface area contributed by atoms with Crippen molar-refractivity contribution >= 4 is 11.6 Å². The fourth-order valence-corrected chi connectivity index (χ4v) is 2.51. The van der Waals surface area contributed by atoms with Crippen LogP contribution >= 0.6 is 0 Å². The van der Waals surface area contributed by atoms with E-state index in [2.05, 4.69) is 15.0 Å². The number of imidazole rings is 1. The molecule has 2 heterocycles. The molecule has 0 fully saturated rings. The van der Waals surface area contributed by atoms with Gasteiger partial charge in [-0.15, -0.1) is 0 Å². The van der Waals surface area contributed by atoms with E-state index in [0.29, 0.717) is 18.7 Å². The molecule has 6 heteroatoms. The lowest BCUT2D eigenvalue weighted by Crippen LogP contribution is -2.38. The van der Waals surface area contributed by atoms with Crippen molar-refractivity contribution in [2.24, 2.45) is 5.84 Å². The van der Waals surface area contributed by atoms with Gasteiger partial charge in [0.05, 0.1) is 6.54 Å². The molecule has 0 aliphatic carbocycles. The van der Waals surface area contributed by atoms with Crippen LogP contribution in [-0.2, 0) is 13.1 Å². The minimum absolute atomic E-state index is 0.0420. The maximum atomic E-state index is 12.6. The van der Waals surface area contributed by atoms with Crippen LogP contribution in [0, 0.1) is 6.92 Å². The molecule has 0 saturated heterocycles. The maximum absolute atomic E-state index is 12.6. The van der Waals surface area contributed by atoms with Gasteiger partial charge in [-0.2, -0.15) is 0 Å². The van der Waals surface area contributed by atoms with Crippen molar-refractivity contribution in [2.75, 3.05) is 12.0 Å². The molecular weight excluding hydrogens is 254 g/mol. The van der Waals surface area contributed by atoms with E-state index < -0.39 is 0 Å². The van der Waals surface area contributed by atoms with Crippen molar-refractivity contribution in [3.63, 3.8) is 0 Å². The van der Waals surface area contributed by atoms with Gasteiger partial charge in [-0.25, -0.2) is 4.98 Å². The fourth-order valence-electron chi connectivity index (χ4n) is 2.51. The molecule has 1 aromatic heterocycles. The minimum atomic E-state index is 0.0420. The summed E-state index contributed by atoms with van der Waals surface area (Å²) in [5.74, 6) is 6.35. The van der Waals surface area contributed by atoms with Gasteiger partial charge in [-0.05, 0) is 30.7 Å². The lowest BCUT2D eigenvalue weighted by molar-refractivity contribution is 0.0707. The van der Waals surface area contributed by atoms with Crippen LogP contribution in [0.4, 0.5) is 5.69 Å². The van der Waals surface area contributed by atoms with E-state index in [1.807, 2.05) is 36.2 Å². The highest BCUT2D eigenvalue weighted by Crippen LogP contribution is 2.19. The van der Waals surface area contributed by atoms with Gasteiger partial charge in [-0.1, -0.05) is 0 Å². The normalized spacial score (nSPS) is 14.0. The van der Waals surface area contributed by atoms with Gasteiger partial charge in [0, 0.05) is 36.7 Å². The Morgan fingerprint density at radius 2 is 2.25 bits per heavy atom. The van der Waals surface area contributed by atoms with Crippen LogP contribution in [0.25, 0.3) is 0 Å². The molecule has 0 saturated carbocycles. The van der Waals surface area contributed by atoms with Crippen molar-refractivity contribution in [1.82, 2.24) is 14.5 Å². The Hall–Kier alpha value is -2.34. The standard InChI is InChI=1S/C14H17N5O/c1-10-8-11(17-15)2-3-12(10)14(20)19-7-6-18-5-4-16-13(18)9-19/h2-5,8,17H,6-7,9,15H2,1H3. The largest absolute Gasteiger partial charge is 0.332 e. The first kappa shape index (κ1) is 12.7. The Kier molecular flexibility index (Phi) is 3.15. The zero-order chi connectivity index (χ0) is 14.1. The molecule has 3 N–H and O–H groups in total. The third kappa shape index (κ3) is 2.14. The molecule has 0 radical (unpaired) electrons. The molecular formula is C14H17N5O. The number of rotatable bonds is 2. The zero-order valence-corrected chi connectivity index (χ0v) is 11.3. The quantitative estimate of drug-likeness (QED) is 0.634. The van der Waals surface area contributed by atoms with Crippen LogP contribution in [-0.4, -0.2) is 26.9 Å². The SMILES string of the molecule is Cc1cc(NN)ccc1C(=O)N1CCn2ccnc2C1. The molecule has 1 aliphatic heterocycles. The van der Waals surface area contributed by atoms with Crippen molar-refractivity contribution in [3.8, 4) is 0 Å². The Morgan fingerprint density at radius 3 is 3.00 bits per heavy atom. The highest BCUT2D eigenvalue weighted by molar-refractivity contribution is 5.96. The van der Waals surface area contributed by atoms with E-state index in [4.69, 9.17) is 5.84 Å². The second kappa shape index (κ2) is 4.97. The van der Waals surface area contributed by atoms with Gasteiger partial charge in [0.2, 0.25) is 0 Å². The summed E-state index contributed by atoms with van der Waals surface area (Å²) < 4.78 is 2.08. The average Bonchev–Trinajstić information content (AvgIpc) is 2.93. The molecule has 1 amide bonds. The number of nitrogens with two attached hydrogens (primary N) is 1. The predicted octanol–water partition coefficient (Wildman–Crippen LogP) is 1.13. The molecule has 0 unspecified atom stereocenters. The van der Waals surface area contributed by atoms with Gasteiger partial charge < -0.3 is 14.9 Å². The number of aryl methyl sites for hydroxylation is 1. The first-order valence-corrected chi connectivity index (χ1v) is 6.55. The highest BCUT2D eigenvalue weighted by Gasteiger charge is 2.23. The van der Waals surface area contributed by atoms with Crippen LogP contribution in [0.1, 0.15) is 21.7 Å². The van der Waals surface area contributed by atoms with Crippen molar-refractivity contribution in [2.45, 2.75) is 20.0 Å². The fraction of sp³-hybridized carbons (Fsp3) is 0.286. The lowest BCUT2D eigenvalue weighted by Gasteiger charge is -2.28. The molecule has 0 atom stereocenters. The van der Waals surface area contributed by atoms with Crippen molar-refractivity contribution in [3.05, 3.63) is 47.5 Å². The Bertz CT molecular complexity index is 649. The number of anilines is 1. The molecule has 2 aromatic rings. The van der Waals surface area contributed by atoms with E-state index in [1.165, 1.54) is 0 Å². The van der Waals surface area contributed by atoms with Crippen LogP contribution in [0.2, 0.25) is 0 Å². The number of benzene rings is 1. The first-order valence-electron chi connectivity index (χ1n) is 6.55. The second-order valence-corrected chi connectivity index (χ2v) is 4.94. The first-order chi connectivity index (χ1) is 9.69. The van der Waals surface area contributed by atoms with Gasteiger partial charge in [0.15, 0.2) is 0 Å². The summed E-state index contributed by atoms with van der Waals surface area (Å²) >= 11 is 0. The lowest BCUT2D eigenvalue weighted by atomic mass is 10.1. The molecule has 6 nitrogen and oxygen atoms in total. The summed E-state index contributed by atoms with van der Waals surface area (Å²) in [5, 5.41) is 0. The van der Waals surface area contributed by atoms with Crippen molar-refractivity contribution in [1.29, 1.82) is 0 Å². The minimum Gasteiger partial charge on any atom is -0.332 e. The Morgan fingerprint density at radius 1 is 1.40 bits per heavy atom. The van der Waals surface area contributed by atoms with Gasteiger partial charge >= 0.3 is 0 Å². The predicted molar refractivity (Wildman–Crippen MR) is 76.0 cm³/mol. The molecule has 1 aromatic carbocycles. The number of amides is 1. The maximum Gasteiger partial charge on any atom is 0.254 e. The Labute approximate surface area is 117 Å². The zero-order valence-electron chi connectivity index (χ0n) is 11.3. The van der Waals surface area contributed by atoms with Crippen LogP contribution in [0.3, 0.4) is 0 Å². The van der Waals surface area contributed by atoms with Gasteiger partial charge in [-0.3, -0.25) is 10.6 Å². The molecule has 3 rings (SSSR count). The number of hydrazine groups is 1. The summed E-state index contributed by atoms with van der Waals surface area (Å²) in [6.45, 7) is 3.97. The number of hydrogen-bond acceptors (Lipinski definition) is 4. The smallest absolute Gasteiger partial charge is 0.254 e. The molecule has 0 bridgehead atoms. The third-order valence-corrected chi connectivity index (χ3v) is 3.66.